The number of nitrogens with zero attached hydrogens (tertiary/aromatic N) is 1. The zero-order valence-electron chi connectivity index (χ0n) is 21.3. The third-order valence-electron chi connectivity index (χ3n) is 7.57. The maximum absolute atomic E-state index is 16.1. The van der Waals surface area contributed by atoms with Gasteiger partial charge in [0.05, 0.1) is 34.3 Å². The van der Waals surface area contributed by atoms with Crippen LogP contribution >= 0.6 is 0 Å². The molecule has 0 bridgehead atoms. The summed E-state index contributed by atoms with van der Waals surface area (Å²) in [5.74, 6) is -6.19. The molecule has 3 aromatic carbocycles. The minimum absolute atomic E-state index is 0.0447. The van der Waals surface area contributed by atoms with Gasteiger partial charge in [-0.2, -0.15) is 0 Å². The Hall–Kier alpha value is -4.22. The number of nitrogens with two attached hydrogens (primary N) is 1. The Bertz CT molecular complexity index is 1670. The molecule has 0 radical (unpaired) electrons. The van der Waals surface area contributed by atoms with Gasteiger partial charge in [-0.15, -0.1) is 0 Å². The Morgan fingerprint density at radius 1 is 1.10 bits per heavy atom. The summed E-state index contributed by atoms with van der Waals surface area (Å²) in [4.78, 5) is 11.5. The van der Waals surface area contributed by atoms with Crippen molar-refractivity contribution in [2.45, 2.75) is 37.4 Å². The number of nitrogen functional groups attached to an aromatic ring is 1. The van der Waals surface area contributed by atoms with Crippen molar-refractivity contribution < 1.29 is 37.3 Å². The minimum Gasteiger partial charge on any atom is -0.478 e. The highest BCUT2D eigenvalue weighted by molar-refractivity contribution is 6.05. The Kier molecular flexibility index (Phi) is 6.89. The molecular formula is C29H25F4N3O4. The van der Waals surface area contributed by atoms with E-state index in [2.05, 4.69) is 0 Å². The molecule has 11 heteroatoms. The molecule has 4 aromatic rings. The van der Waals surface area contributed by atoms with Gasteiger partial charge in [0, 0.05) is 42.0 Å². The Morgan fingerprint density at radius 3 is 2.40 bits per heavy atom. The number of methoxy groups -OCH3 is 1. The van der Waals surface area contributed by atoms with Crippen LogP contribution in [0.25, 0.3) is 27.7 Å². The summed E-state index contributed by atoms with van der Waals surface area (Å²) < 4.78 is 66.9. The number of carboxylic acid groups (broad SMARTS) is 1. The molecule has 1 aromatic heterocycles. The zero-order valence-corrected chi connectivity index (χ0v) is 21.3. The molecule has 1 aliphatic rings. The first-order valence-electron chi connectivity index (χ1n) is 12.4. The number of benzene rings is 3. The van der Waals surface area contributed by atoms with Crippen LogP contribution in [0.1, 0.15) is 47.3 Å². The molecule has 40 heavy (non-hydrogen) atoms. The predicted octanol–water partition coefficient (Wildman–Crippen LogP) is 5.91. The number of halogens is 4. The van der Waals surface area contributed by atoms with Crippen molar-refractivity contribution in [3.63, 3.8) is 0 Å². The van der Waals surface area contributed by atoms with Crippen LogP contribution in [0.4, 0.5) is 23.2 Å². The number of aliphatic hydroxyl groups is 1. The fourth-order valence-corrected chi connectivity index (χ4v) is 5.67. The summed E-state index contributed by atoms with van der Waals surface area (Å²) in [5, 5.41) is 29.2. The highest BCUT2D eigenvalue weighted by Crippen LogP contribution is 2.50. The lowest BCUT2D eigenvalue weighted by atomic mass is 9.77. The first-order chi connectivity index (χ1) is 19.0. The molecule has 1 aliphatic carbocycles. The van der Waals surface area contributed by atoms with Gasteiger partial charge in [-0.3, -0.25) is 0 Å². The SMILES string of the molecule is COC1CCCCC1(O)c1c(-c2ccc(C(=O)O)cc2)c2c(F)c(N)c(C=N)cc2n1-c1cc(F)c(F)cc1F. The van der Waals surface area contributed by atoms with Crippen LogP contribution in [0.15, 0.2) is 42.5 Å². The van der Waals surface area contributed by atoms with Crippen LogP contribution in [-0.4, -0.2) is 40.2 Å². The van der Waals surface area contributed by atoms with Gasteiger partial charge in [0.25, 0.3) is 0 Å². The number of fused-ring (bicyclic) bond motifs is 1. The second-order valence-electron chi connectivity index (χ2n) is 9.79. The Morgan fingerprint density at radius 2 is 1.77 bits per heavy atom. The van der Waals surface area contributed by atoms with E-state index >= 15 is 8.78 Å². The molecule has 0 amide bonds. The molecule has 0 saturated heterocycles. The third-order valence-corrected chi connectivity index (χ3v) is 7.57. The standard InChI is InChI=1S/C29H25F4N3O4/c1-40-22-4-2-3-9-29(22,39)27-23(14-5-7-15(8-6-14)28(37)38)24-21(10-16(13-34)26(35)25(24)33)36(27)20-12-18(31)17(30)11-19(20)32/h5-8,10-13,22,34,39H,2-4,9,35H2,1H3,(H,37,38). The number of carboxylic acids is 1. The van der Waals surface area contributed by atoms with Crippen LogP contribution < -0.4 is 5.73 Å². The van der Waals surface area contributed by atoms with E-state index < -0.39 is 46.6 Å². The monoisotopic (exact) mass is 555 g/mol. The molecule has 2 unspecified atom stereocenters. The van der Waals surface area contributed by atoms with Gasteiger partial charge in [0.2, 0.25) is 0 Å². The molecule has 1 heterocycles. The van der Waals surface area contributed by atoms with Gasteiger partial charge >= 0.3 is 5.97 Å². The molecule has 5 rings (SSSR count). The lowest BCUT2D eigenvalue weighted by molar-refractivity contribution is -0.125. The number of aromatic nitrogens is 1. The van der Waals surface area contributed by atoms with Crippen molar-refractivity contribution in [3.8, 4) is 16.8 Å². The number of anilines is 1. The highest BCUT2D eigenvalue weighted by atomic mass is 19.2. The number of hydrogen-bond donors (Lipinski definition) is 4. The van der Waals surface area contributed by atoms with Crippen LogP contribution in [0.3, 0.4) is 0 Å². The van der Waals surface area contributed by atoms with E-state index in [1.807, 2.05) is 0 Å². The lowest BCUT2D eigenvalue weighted by Gasteiger charge is -2.40. The summed E-state index contributed by atoms with van der Waals surface area (Å²) in [5.41, 5.74) is 3.28. The molecule has 0 aliphatic heterocycles. The molecular weight excluding hydrogens is 530 g/mol. The highest BCUT2D eigenvalue weighted by Gasteiger charge is 2.46. The molecule has 2 atom stereocenters. The molecule has 5 N–H and O–H groups in total. The largest absolute Gasteiger partial charge is 0.478 e. The van der Waals surface area contributed by atoms with Gasteiger partial charge in [0.15, 0.2) is 17.5 Å². The number of ether oxygens (including phenoxy) is 1. The number of nitrogens with one attached hydrogen (secondary N) is 1. The van der Waals surface area contributed by atoms with Crippen molar-refractivity contribution >= 4 is 28.8 Å². The second kappa shape index (κ2) is 10.1. The Labute approximate surface area is 225 Å². The van der Waals surface area contributed by atoms with E-state index in [-0.39, 0.29) is 51.0 Å². The second-order valence-corrected chi connectivity index (χ2v) is 9.79. The van der Waals surface area contributed by atoms with Crippen LogP contribution in [-0.2, 0) is 10.3 Å². The van der Waals surface area contributed by atoms with Gasteiger partial charge in [0.1, 0.15) is 11.4 Å². The maximum atomic E-state index is 16.1. The quantitative estimate of drug-likeness (QED) is 0.102. The van der Waals surface area contributed by atoms with E-state index in [1.54, 1.807) is 0 Å². The third kappa shape index (κ3) is 4.13. The summed E-state index contributed by atoms with van der Waals surface area (Å²) in [6.45, 7) is 0. The van der Waals surface area contributed by atoms with Crippen molar-refractivity contribution in [3.05, 3.63) is 82.6 Å². The normalized spacial score (nSPS) is 19.2. The average Bonchev–Trinajstić information content (AvgIpc) is 3.28. The van der Waals surface area contributed by atoms with Crippen LogP contribution in [0.5, 0.6) is 0 Å². The van der Waals surface area contributed by atoms with Gasteiger partial charge in [-0.05, 0) is 43.0 Å². The number of aromatic carboxylic acids is 1. The average molecular weight is 556 g/mol. The van der Waals surface area contributed by atoms with E-state index in [0.29, 0.717) is 31.4 Å². The first-order valence-corrected chi connectivity index (χ1v) is 12.4. The van der Waals surface area contributed by atoms with E-state index in [1.165, 1.54) is 37.4 Å². The van der Waals surface area contributed by atoms with Gasteiger partial charge < -0.3 is 30.7 Å². The van der Waals surface area contributed by atoms with Crippen molar-refractivity contribution in [2.24, 2.45) is 0 Å². The summed E-state index contributed by atoms with van der Waals surface area (Å²) in [6.07, 6.45) is 1.65. The molecule has 208 valence electrons. The van der Waals surface area contributed by atoms with E-state index in [0.717, 1.165) is 10.8 Å². The topological polar surface area (TPSA) is 122 Å². The molecule has 1 saturated carbocycles. The molecule has 7 nitrogen and oxygen atoms in total. The predicted molar refractivity (Wildman–Crippen MR) is 141 cm³/mol. The molecule has 0 spiro atoms. The zero-order chi connectivity index (χ0) is 28.9. The summed E-state index contributed by atoms with van der Waals surface area (Å²) >= 11 is 0. The van der Waals surface area contributed by atoms with Crippen molar-refractivity contribution in [1.29, 1.82) is 5.41 Å². The van der Waals surface area contributed by atoms with Crippen molar-refractivity contribution in [2.75, 3.05) is 12.8 Å². The fourth-order valence-electron chi connectivity index (χ4n) is 5.67. The van der Waals surface area contributed by atoms with Gasteiger partial charge in [-0.1, -0.05) is 18.6 Å². The smallest absolute Gasteiger partial charge is 0.335 e. The van der Waals surface area contributed by atoms with E-state index in [4.69, 9.17) is 15.9 Å². The fraction of sp³-hybridized carbons (Fsp3) is 0.241. The van der Waals surface area contributed by atoms with Crippen molar-refractivity contribution in [1.82, 2.24) is 4.57 Å². The molecule has 1 fully saturated rings. The van der Waals surface area contributed by atoms with Gasteiger partial charge in [-0.25, -0.2) is 22.4 Å². The summed E-state index contributed by atoms with van der Waals surface area (Å²) in [6, 6.07) is 7.64. The maximum Gasteiger partial charge on any atom is 0.335 e. The number of hydrogen-bond acceptors (Lipinski definition) is 5. The summed E-state index contributed by atoms with van der Waals surface area (Å²) in [7, 11) is 1.39. The Balaban J connectivity index is 2.04. The van der Waals surface area contributed by atoms with E-state index in [9.17, 15) is 23.8 Å². The first kappa shape index (κ1) is 27.4. The van der Waals surface area contributed by atoms with Crippen LogP contribution in [0.2, 0.25) is 0 Å². The lowest BCUT2D eigenvalue weighted by Crippen LogP contribution is -2.45. The number of rotatable bonds is 6. The number of carbonyl (C=O) groups is 1. The minimum atomic E-state index is -1.88. The van der Waals surface area contributed by atoms with Crippen LogP contribution in [0, 0.1) is 28.7 Å².